The molecule has 0 bridgehead atoms. The predicted molar refractivity (Wildman–Crippen MR) is 96.4 cm³/mol. The van der Waals surface area contributed by atoms with Crippen LogP contribution in [-0.2, 0) is 22.4 Å². The summed E-state index contributed by atoms with van der Waals surface area (Å²) in [7, 11) is 0. The molecular weight excluding hydrogens is 324 g/mol. The lowest BCUT2D eigenvalue weighted by Crippen LogP contribution is -2.56. The van der Waals surface area contributed by atoms with E-state index in [4.69, 9.17) is 4.74 Å². The highest BCUT2D eigenvalue weighted by Gasteiger charge is 2.32. The molecule has 2 heterocycles. The molecule has 24 heavy (non-hydrogen) atoms. The van der Waals surface area contributed by atoms with E-state index in [1.807, 2.05) is 38.7 Å². The smallest absolute Gasteiger partial charge is 0.410 e. The number of hydrogen-bond donors (Lipinski definition) is 0. The Morgan fingerprint density at radius 1 is 1.25 bits per heavy atom. The maximum atomic E-state index is 12.5. The maximum Gasteiger partial charge on any atom is 0.410 e. The second-order valence-corrected chi connectivity index (χ2v) is 8.51. The van der Waals surface area contributed by atoms with Gasteiger partial charge in [0, 0.05) is 35.4 Å². The molecule has 0 N–H and O–H groups in total. The van der Waals surface area contributed by atoms with Gasteiger partial charge in [-0.1, -0.05) is 6.92 Å². The summed E-state index contributed by atoms with van der Waals surface area (Å²) in [4.78, 5) is 30.7. The van der Waals surface area contributed by atoms with E-state index in [1.54, 1.807) is 16.2 Å². The van der Waals surface area contributed by atoms with Gasteiger partial charge in [-0.15, -0.1) is 11.3 Å². The first-order valence-electron chi connectivity index (χ1n) is 8.54. The molecule has 134 valence electrons. The number of carbonyl (C=O) groups excluding carboxylic acids is 2. The topological polar surface area (TPSA) is 49.9 Å². The molecular formula is C18H28N2O3S. The van der Waals surface area contributed by atoms with Crippen molar-refractivity contribution in [3.05, 3.63) is 21.9 Å². The van der Waals surface area contributed by atoms with E-state index in [9.17, 15) is 9.59 Å². The minimum absolute atomic E-state index is 0.0351. The highest BCUT2D eigenvalue weighted by Crippen LogP contribution is 2.20. The summed E-state index contributed by atoms with van der Waals surface area (Å²) in [5, 5.41) is 0. The molecule has 0 radical (unpaired) electrons. The number of nitrogens with zero attached hydrogens (tertiary/aromatic N) is 2. The second kappa shape index (κ2) is 7.55. The van der Waals surface area contributed by atoms with Gasteiger partial charge >= 0.3 is 6.09 Å². The molecule has 6 heteroatoms. The zero-order valence-electron chi connectivity index (χ0n) is 15.3. The summed E-state index contributed by atoms with van der Waals surface area (Å²) in [6, 6.07) is 4.10. The van der Waals surface area contributed by atoms with E-state index in [0.29, 0.717) is 26.1 Å². The summed E-state index contributed by atoms with van der Waals surface area (Å²) in [6.45, 7) is 11.3. The van der Waals surface area contributed by atoms with E-state index in [2.05, 4.69) is 13.0 Å². The number of carbonyl (C=O) groups is 2. The number of piperazine rings is 1. The highest BCUT2D eigenvalue weighted by atomic mass is 32.1. The van der Waals surface area contributed by atoms with Crippen LogP contribution in [-0.4, -0.2) is 53.1 Å². The zero-order chi connectivity index (χ0) is 17.9. The van der Waals surface area contributed by atoms with E-state index in [1.165, 1.54) is 4.88 Å². The molecule has 0 aliphatic carbocycles. The average Bonchev–Trinajstić information content (AvgIpc) is 2.92. The number of rotatable bonds is 3. The molecule has 0 saturated carbocycles. The summed E-state index contributed by atoms with van der Waals surface area (Å²) >= 11 is 1.71. The first-order chi connectivity index (χ1) is 11.2. The number of amides is 2. The fourth-order valence-electron chi connectivity index (χ4n) is 2.74. The van der Waals surface area contributed by atoms with Gasteiger partial charge in [0.15, 0.2) is 0 Å². The van der Waals surface area contributed by atoms with Gasteiger partial charge in [-0.3, -0.25) is 4.79 Å². The van der Waals surface area contributed by atoms with Gasteiger partial charge in [-0.2, -0.15) is 0 Å². The van der Waals surface area contributed by atoms with Crippen molar-refractivity contribution in [1.29, 1.82) is 0 Å². The van der Waals surface area contributed by atoms with E-state index < -0.39 is 5.60 Å². The van der Waals surface area contributed by atoms with Crippen molar-refractivity contribution < 1.29 is 14.3 Å². The minimum Gasteiger partial charge on any atom is -0.444 e. The van der Waals surface area contributed by atoms with Crippen LogP contribution in [0.5, 0.6) is 0 Å². The third-order valence-corrected chi connectivity index (χ3v) is 5.23. The molecule has 2 rings (SSSR count). The van der Waals surface area contributed by atoms with Gasteiger partial charge in [-0.25, -0.2) is 4.79 Å². The second-order valence-electron chi connectivity index (χ2n) is 7.26. The fourth-order valence-corrected chi connectivity index (χ4v) is 3.69. The number of ether oxygens (including phenoxy) is 1. The minimum atomic E-state index is -0.500. The van der Waals surface area contributed by atoms with Crippen molar-refractivity contribution in [3.8, 4) is 0 Å². The first kappa shape index (κ1) is 18.8. The Balaban J connectivity index is 1.90. The fraction of sp³-hybridized carbons (Fsp3) is 0.667. The van der Waals surface area contributed by atoms with Crippen molar-refractivity contribution in [2.45, 2.75) is 59.1 Å². The van der Waals surface area contributed by atoms with Gasteiger partial charge in [-0.05, 0) is 46.2 Å². The summed E-state index contributed by atoms with van der Waals surface area (Å²) < 4.78 is 5.44. The molecule has 1 atom stereocenters. The molecule has 1 saturated heterocycles. The molecule has 1 aliphatic rings. The lowest BCUT2D eigenvalue weighted by Gasteiger charge is -2.40. The predicted octanol–water partition coefficient (Wildman–Crippen LogP) is 3.32. The van der Waals surface area contributed by atoms with Crippen molar-refractivity contribution in [2.75, 3.05) is 19.6 Å². The van der Waals surface area contributed by atoms with Crippen molar-refractivity contribution in [1.82, 2.24) is 9.80 Å². The Labute approximate surface area is 148 Å². The molecule has 1 fully saturated rings. The molecule has 2 amide bonds. The van der Waals surface area contributed by atoms with Gasteiger partial charge in [0.25, 0.3) is 0 Å². The third-order valence-electron chi connectivity index (χ3n) is 4.00. The quantitative estimate of drug-likeness (QED) is 0.838. The number of thiophene rings is 1. The average molecular weight is 353 g/mol. The number of aryl methyl sites for hydroxylation is 1. The van der Waals surface area contributed by atoms with Gasteiger partial charge in [0.05, 0.1) is 6.42 Å². The van der Waals surface area contributed by atoms with Crippen LogP contribution in [0.1, 0.15) is 44.4 Å². The normalized spacial score (nSPS) is 18.6. The van der Waals surface area contributed by atoms with Gasteiger partial charge in [0.1, 0.15) is 5.60 Å². The Morgan fingerprint density at radius 3 is 2.46 bits per heavy atom. The molecule has 0 aromatic carbocycles. The van der Waals surface area contributed by atoms with Crippen LogP contribution >= 0.6 is 11.3 Å². The van der Waals surface area contributed by atoms with Crippen LogP contribution in [0.25, 0.3) is 0 Å². The monoisotopic (exact) mass is 352 g/mol. The van der Waals surface area contributed by atoms with Crippen LogP contribution in [0.3, 0.4) is 0 Å². The lowest BCUT2D eigenvalue weighted by atomic mass is 10.1. The molecule has 0 unspecified atom stereocenters. The van der Waals surface area contributed by atoms with Crippen LogP contribution in [0.15, 0.2) is 12.1 Å². The summed E-state index contributed by atoms with van der Waals surface area (Å²) in [5.41, 5.74) is -0.500. The Morgan fingerprint density at radius 2 is 1.92 bits per heavy atom. The Hall–Kier alpha value is -1.56. The lowest BCUT2D eigenvalue weighted by molar-refractivity contribution is -0.133. The van der Waals surface area contributed by atoms with E-state index in [-0.39, 0.29) is 18.0 Å². The summed E-state index contributed by atoms with van der Waals surface area (Å²) in [6.07, 6.45) is 1.15. The molecule has 5 nitrogen and oxygen atoms in total. The number of hydrogen-bond acceptors (Lipinski definition) is 4. The van der Waals surface area contributed by atoms with Crippen molar-refractivity contribution >= 4 is 23.3 Å². The SMILES string of the molecule is CCc1ccc(CC(=O)N2CCN(C(=O)OC(C)(C)C)[C@@H](C)C2)s1. The van der Waals surface area contributed by atoms with Crippen LogP contribution < -0.4 is 0 Å². The standard InChI is InChI=1S/C18H28N2O3S/c1-6-14-7-8-15(24-14)11-16(21)19-9-10-20(13(2)12-19)17(22)23-18(3,4)5/h7-8,13H,6,9-12H2,1-5H3/t13-/m0/s1. The zero-order valence-corrected chi connectivity index (χ0v) is 16.1. The Bertz CT molecular complexity index is 591. The molecule has 1 aromatic rings. The third kappa shape index (κ3) is 4.97. The maximum absolute atomic E-state index is 12.5. The van der Waals surface area contributed by atoms with E-state index >= 15 is 0 Å². The van der Waals surface area contributed by atoms with E-state index in [0.717, 1.165) is 11.3 Å². The molecule has 0 spiro atoms. The Kier molecular flexibility index (Phi) is 5.91. The molecule has 1 aromatic heterocycles. The molecule has 1 aliphatic heterocycles. The largest absolute Gasteiger partial charge is 0.444 e. The first-order valence-corrected chi connectivity index (χ1v) is 9.36. The van der Waals surface area contributed by atoms with Crippen molar-refractivity contribution in [2.24, 2.45) is 0 Å². The van der Waals surface area contributed by atoms with Crippen LogP contribution in [0.4, 0.5) is 4.79 Å². The van der Waals surface area contributed by atoms with Gasteiger partial charge < -0.3 is 14.5 Å². The van der Waals surface area contributed by atoms with Crippen LogP contribution in [0.2, 0.25) is 0 Å². The van der Waals surface area contributed by atoms with Crippen molar-refractivity contribution in [3.63, 3.8) is 0 Å². The van der Waals surface area contributed by atoms with Crippen LogP contribution in [0, 0.1) is 0 Å². The van der Waals surface area contributed by atoms with Gasteiger partial charge in [0.2, 0.25) is 5.91 Å². The highest BCUT2D eigenvalue weighted by molar-refractivity contribution is 7.12. The summed E-state index contributed by atoms with van der Waals surface area (Å²) in [5.74, 6) is 0.134.